The summed E-state index contributed by atoms with van der Waals surface area (Å²) in [6.07, 6.45) is 0. The maximum atomic E-state index is 13.0. The molecule has 0 fully saturated rings. The summed E-state index contributed by atoms with van der Waals surface area (Å²) in [5.41, 5.74) is 2.41. The zero-order chi connectivity index (χ0) is 20.3. The standard InChI is InChI=1S/C22H22FN3O2/c1-22(2,3)20-18(12-24)19(25-21(27)26-20)15-6-10-17(11-7-15)28-13-14-4-8-16(23)9-5-14/h4-11,19H,13H2,1-3H3,(H2,25,26,27)/t19-/m1/s1. The van der Waals surface area contributed by atoms with Crippen molar-refractivity contribution in [3.63, 3.8) is 0 Å². The zero-order valence-corrected chi connectivity index (χ0v) is 16.0. The first-order valence-electron chi connectivity index (χ1n) is 8.97. The second-order valence-electron chi connectivity index (χ2n) is 7.67. The first-order valence-corrected chi connectivity index (χ1v) is 8.97. The van der Waals surface area contributed by atoms with E-state index in [0.717, 1.165) is 11.1 Å². The molecule has 0 radical (unpaired) electrons. The second kappa shape index (κ2) is 7.73. The van der Waals surface area contributed by atoms with Crippen molar-refractivity contribution < 1.29 is 13.9 Å². The SMILES string of the molecule is CC(C)(C)C1=C(C#N)[C@@H](c2ccc(OCc3ccc(F)cc3)cc2)NC(=O)N1. The Morgan fingerprint density at radius 3 is 2.32 bits per heavy atom. The van der Waals surface area contributed by atoms with Crippen molar-refractivity contribution in [2.45, 2.75) is 33.4 Å². The average molecular weight is 379 g/mol. The van der Waals surface area contributed by atoms with Gasteiger partial charge < -0.3 is 15.4 Å². The highest BCUT2D eigenvalue weighted by Crippen LogP contribution is 2.34. The fourth-order valence-corrected chi connectivity index (χ4v) is 3.03. The molecule has 1 aliphatic rings. The Kier molecular flexibility index (Phi) is 5.36. The van der Waals surface area contributed by atoms with Crippen molar-refractivity contribution in [1.29, 1.82) is 5.26 Å². The molecule has 0 bridgehead atoms. The van der Waals surface area contributed by atoms with Gasteiger partial charge in [-0.3, -0.25) is 0 Å². The zero-order valence-electron chi connectivity index (χ0n) is 16.0. The molecular formula is C22H22FN3O2. The summed E-state index contributed by atoms with van der Waals surface area (Å²) in [7, 11) is 0. The molecule has 1 atom stereocenters. The maximum Gasteiger partial charge on any atom is 0.319 e. The minimum atomic E-state index is -0.515. The summed E-state index contributed by atoms with van der Waals surface area (Å²) in [6.45, 7) is 6.18. The summed E-state index contributed by atoms with van der Waals surface area (Å²) in [5.74, 6) is 0.361. The number of amides is 2. The predicted molar refractivity (Wildman–Crippen MR) is 104 cm³/mol. The highest BCUT2D eigenvalue weighted by molar-refractivity contribution is 5.80. The molecule has 0 unspecified atom stereocenters. The van der Waals surface area contributed by atoms with Crippen LogP contribution in [0.4, 0.5) is 9.18 Å². The molecule has 144 valence electrons. The molecule has 1 heterocycles. The number of carbonyl (C=O) groups excluding carboxylic acids is 1. The third-order valence-corrected chi connectivity index (χ3v) is 4.47. The Hall–Kier alpha value is -3.33. The Morgan fingerprint density at radius 1 is 1.11 bits per heavy atom. The van der Waals surface area contributed by atoms with Gasteiger partial charge in [-0.25, -0.2) is 9.18 Å². The fourth-order valence-electron chi connectivity index (χ4n) is 3.03. The van der Waals surface area contributed by atoms with Gasteiger partial charge in [0.2, 0.25) is 0 Å². The van der Waals surface area contributed by atoms with E-state index in [1.165, 1.54) is 12.1 Å². The monoisotopic (exact) mass is 379 g/mol. The quantitative estimate of drug-likeness (QED) is 0.816. The van der Waals surface area contributed by atoms with Crippen LogP contribution in [-0.2, 0) is 6.61 Å². The van der Waals surface area contributed by atoms with Crippen molar-refractivity contribution in [1.82, 2.24) is 10.6 Å². The number of nitriles is 1. The van der Waals surface area contributed by atoms with Gasteiger partial charge >= 0.3 is 6.03 Å². The molecule has 0 saturated heterocycles. The van der Waals surface area contributed by atoms with E-state index >= 15 is 0 Å². The molecule has 5 nitrogen and oxygen atoms in total. The summed E-state index contributed by atoms with van der Waals surface area (Å²) in [4.78, 5) is 12.1. The van der Waals surface area contributed by atoms with Crippen LogP contribution in [0.3, 0.4) is 0 Å². The normalized spacial score (nSPS) is 16.8. The van der Waals surface area contributed by atoms with Gasteiger partial charge in [0.05, 0.1) is 17.7 Å². The molecule has 0 aromatic heterocycles. The highest BCUT2D eigenvalue weighted by Gasteiger charge is 2.33. The molecule has 6 heteroatoms. The van der Waals surface area contributed by atoms with Crippen LogP contribution < -0.4 is 15.4 Å². The number of benzene rings is 2. The van der Waals surface area contributed by atoms with Crippen LogP contribution in [0.1, 0.15) is 37.9 Å². The number of nitrogens with zero attached hydrogens (tertiary/aromatic N) is 1. The lowest BCUT2D eigenvalue weighted by molar-refractivity contribution is 0.235. The Labute approximate surface area is 163 Å². The highest BCUT2D eigenvalue weighted by atomic mass is 19.1. The van der Waals surface area contributed by atoms with Gasteiger partial charge in [0, 0.05) is 11.1 Å². The Balaban J connectivity index is 1.79. The van der Waals surface area contributed by atoms with Crippen LogP contribution in [0.5, 0.6) is 5.75 Å². The van der Waals surface area contributed by atoms with Crippen molar-refractivity contribution in [3.05, 3.63) is 76.7 Å². The smallest absolute Gasteiger partial charge is 0.319 e. The third-order valence-electron chi connectivity index (χ3n) is 4.47. The summed E-state index contributed by atoms with van der Waals surface area (Å²) in [6, 6.07) is 14.8. The number of hydrogen-bond acceptors (Lipinski definition) is 3. The summed E-state index contributed by atoms with van der Waals surface area (Å²) >= 11 is 0. The molecule has 2 amide bonds. The second-order valence-corrected chi connectivity index (χ2v) is 7.67. The van der Waals surface area contributed by atoms with Crippen LogP contribution in [-0.4, -0.2) is 6.03 Å². The van der Waals surface area contributed by atoms with E-state index < -0.39 is 6.04 Å². The number of carbonyl (C=O) groups is 1. The lowest BCUT2D eigenvalue weighted by atomic mass is 9.84. The van der Waals surface area contributed by atoms with Crippen LogP contribution >= 0.6 is 0 Å². The van der Waals surface area contributed by atoms with Crippen molar-refractivity contribution in [2.24, 2.45) is 5.41 Å². The third kappa shape index (κ3) is 4.32. The molecule has 2 N–H and O–H groups in total. The molecule has 0 spiro atoms. The molecular weight excluding hydrogens is 357 g/mol. The number of urea groups is 1. The topological polar surface area (TPSA) is 74.1 Å². The molecule has 0 aliphatic carbocycles. The predicted octanol–water partition coefficient (Wildman–Crippen LogP) is 4.58. The minimum absolute atomic E-state index is 0.284. The van der Waals surface area contributed by atoms with E-state index in [1.807, 2.05) is 32.9 Å². The first-order chi connectivity index (χ1) is 13.3. The molecule has 3 rings (SSSR count). The van der Waals surface area contributed by atoms with E-state index in [2.05, 4.69) is 16.7 Å². The van der Waals surface area contributed by atoms with E-state index in [4.69, 9.17) is 4.74 Å². The van der Waals surface area contributed by atoms with Crippen LogP contribution in [0, 0.1) is 22.6 Å². The van der Waals surface area contributed by atoms with Crippen molar-refractivity contribution >= 4 is 6.03 Å². The van der Waals surface area contributed by atoms with Gasteiger partial charge in [0.15, 0.2) is 0 Å². The van der Waals surface area contributed by atoms with E-state index in [-0.39, 0.29) is 17.3 Å². The summed E-state index contributed by atoms with van der Waals surface area (Å²) in [5, 5.41) is 15.3. The van der Waals surface area contributed by atoms with Gasteiger partial charge in [-0.2, -0.15) is 5.26 Å². The maximum absolute atomic E-state index is 13.0. The Morgan fingerprint density at radius 2 is 1.75 bits per heavy atom. The number of halogens is 1. The molecule has 0 saturated carbocycles. The summed E-state index contributed by atoms with van der Waals surface area (Å²) < 4.78 is 18.7. The van der Waals surface area contributed by atoms with Gasteiger partial charge in [-0.15, -0.1) is 0 Å². The number of rotatable bonds is 4. The number of hydrogen-bond donors (Lipinski definition) is 2. The van der Waals surface area contributed by atoms with Crippen molar-refractivity contribution in [2.75, 3.05) is 0 Å². The first kappa shape index (κ1) is 19.4. The van der Waals surface area contributed by atoms with Crippen LogP contribution in [0.15, 0.2) is 59.8 Å². The van der Waals surface area contributed by atoms with Gasteiger partial charge in [0.25, 0.3) is 0 Å². The van der Waals surface area contributed by atoms with Crippen LogP contribution in [0.2, 0.25) is 0 Å². The number of ether oxygens (including phenoxy) is 1. The lowest BCUT2D eigenvalue weighted by Gasteiger charge is -2.33. The van der Waals surface area contributed by atoms with E-state index in [9.17, 15) is 14.4 Å². The lowest BCUT2D eigenvalue weighted by Crippen LogP contribution is -2.46. The molecule has 1 aliphatic heterocycles. The average Bonchev–Trinajstić information content (AvgIpc) is 2.66. The van der Waals surface area contributed by atoms with Gasteiger partial charge in [-0.1, -0.05) is 45.0 Å². The minimum Gasteiger partial charge on any atom is -0.489 e. The molecule has 28 heavy (non-hydrogen) atoms. The largest absolute Gasteiger partial charge is 0.489 e. The molecule has 2 aromatic rings. The number of allylic oxidation sites excluding steroid dienone is 1. The van der Waals surface area contributed by atoms with Gasteiger partial charge in [-0.05, 0) is 35.4 Å². The molecule has 2 aromatic carbocycles. The van der Waals surface area contributed by atoms with E-state index in [1.54, 1.807) is 24.3 Å². The fraction of sp³-hybridized carbons (Fsp3) is 0.273. The van der Waals surface area contributed by atoms with E-state index in [0.29, 0.717) is 23.6 Å². The van der Waals surface area contributed by atoms with Crippen LogP contribution in [0.25, 0.3) is 0 Å². The number of nitrogens with one attached hydrogen (secondary N) is 2. The van der Waals surface area contributed by atoms with Crippen molar-refractivity contribution in [3.8, 4) is 11.8 Å². The van der Waals surface area contributed by atoms with Gasteiger partial charge in [0.1, 0.15) is 18.2 Å². The Bertz CT molecular complexity index is 936.